The molecule has 0 radical (unpaired) electrons. The average Bonchev–Trinajstić information content (AvgIpc) is 3.79. The summed E-state index contributed by atoms with van der Waals surface area (Å²) < 4.78 is 3.86. The minimum absolute atomic E-state index is 0.177. The van der Waals surface area contributed by atoms with Crippen LogP contribution in [0.15, 0.2) is 79.5 Å². The second kappa shape index (κ2) is 13.9. The molecule has 1 saturated carbocycles. The predicted octanol–water partition coefficient (Wildman–Crippen LogP) is 4.27. The number of carbonyl (C=O) groups excluding carboxylic acids is 1. The molecule has 0 saturated heterocycles. The maximum atomic E-state index is 12.5. The standard InChI is InChI=1S/C35H43N9O3/c1-21(2)34(47)39-26-17-27(31(46)30(26)45)44-20-38-29-32(40-28(23-11-7-5-8-12-23)24-13-9-6-10-14-24)41-35(42-33(29)44)36-16-15-25-18-43(19-37-25)22(3)4/h5-14,18-22,26-28,30-31,45-46H,15-17H2,1-4H3,(H,39,47)(H2,36,40,41,42)/t26-,27+,30+,31-/m0/s1. The van der Waals surface area contributed by atoms with Crippen molar-refractivity contribution in [2.24, 2.45) is 5.92 Å². The van der Waals surface area contributed by atoms with Gasteiger partial charge >= 0.3 is 0 Å². The highest BCUT2D eigenvalue weighted by Crippen LogP contribution is 2.36. The Hall–Kier alpha value is -4.81. The lowest BCUT2D eigenvalue weighted by Crippen LogP contribution is -2.44. The van der Waals surface area contributed by atoms with Gasteiger partial charge in [0, 0.05) is 31.1 Å². The van der Waals surface area contributed by atoms with Crippen molar-refractivity contribution in [3.63, 3.8) is 0 Å². The molecular weight excluding hydrogens is 594 g/mol. The Balaban J connectivity index is 1.35. The molecule has 5 N–H and O–H groups in total. The summed E-state index contributed by atoms with van der Waals surface area (Å²) in [5, 5.41) is 32.0. The van der Waals surface area contributed by atoms with Gasteiger partial charge in [0.15, 0.2) is 17.0 Å². The molecule has 47 heavy (non-hydrogen) atoms. The molecular formula is C35H43N9O3. The molecule has 6 rings (SSSR count). The number of aliphatic hydroxyl groups excluding tert-OH is 2. The monoisotopic (exact) mass is 637 g/mol. The highest BCUT2D eigenvalue weighted by Gasteiger charge is 2.44. The highest BCUT2D eigenvalue weighted by atomic mass is 16.3. The van der Waals surface area contributed by atoms with E-state index in [4.69, 9.17) is 15.0 Å². The van der Waals surface area contributed by atoms with Gasteiger partial charge in [0.25, 0.3) is 0 Å². The number of fused-ring (bicyclic) bond motifs is 1. The summed E-state index contributed by atoms with van der Waals surface area (Å²) in [6, 6.07) is 19.2. The van der Waals surface area contributed by atoms with Crippen LogP contribution in [0.1, 0.15) is 69.1 Å². The third kappa shape index (κ3) is 6.98. The van der Waals surface area contributed by atoms with Crippen molar-refractivity contribution in [3.05, 3.63) is 96.3 Å². The van der Waals surface area contributed by atoms with E-state index in [1.165, 1.54) is 0 Å². The molecule has 0 unspecified atom stereocenters. The molecule has 0 spiro atoms. The van der Waals surface area contributed by atoms with Gasteiger partial charge in [-0.2, -0.15) is 9.97 Å². The number of nitrogens with zero attached hydrogens (tertiary/aromatic N) is 6. The normalized spacial score (nSPS) is 19.6. The van der Waals surface area contributed by atoms with E-state index >= 15 is 0 Å². The molecule has 1 aliphatic rings. The fourth-order valence-corrected chi connectivity index (χ4v) is 6.00. The summed E-state index contributed by atoms with van der Waals surface area (Å²) >= 11 is 0. The van der Waals surface area contributed by atoms with Crippen molar-refractivity contribution in [3.8, 4) is 0 Å². The molecule has 246 valence electrons. The largest absolute Gasteiger partial charge is 0.388 e. The number of anilines is 2. The van der Waals surface area contributed by atoms with Gasteiger partial charge in [-0.25, -0.2) is 9.97 Å². The van der Waals surface area contributed by atoms with Gasteiger partial charge in [0.1, 0.15) is 12.2 Å². The van der Waals surface area contributed by atoms with Gasteiger partial charge in [0.05, 0.1) is 36.5 Å². The molecule has 3 aromatic heterocycles. The van der Waals surface area contributed by atoms with E-state index in [1.807, 2.05) is 48.9 Å². The Morgan fingerprint density at radius 1 is 0.915 bits per heavy atom. The summed E-state index contributed by atoms with van der Waals surface area (Å²) in [7, 11) is 0. The predicted molar refractivity (Wildman–Crippen MR) is 181 cm³/mol. The van der Waals surface area contributed by atoms with Crippen LogP contribution < -0.4 is 16.0 Å². The van der Waals surface area contributed by atoms with E-state index in [-0.39, 0.29) is 17.9 Å². The number of carbonyl (C=O) groups is 1. The lowest BCUT2D eigenvalue weighted by atomic mass is 9.99. The SMILES string of the molecule is CC(C)C(=O)N[C@H]1C[C@@H](n2cnc3c(NC(c4ccccc4)c4ccccc4)nc(NCCc4cn(C(C)C)cn4)nc32)[C@H](O)[C@@H]1O. The number of aliphatic hydroxyl groups is 2. The zero-order valence-corrected chi connectivity index (χ0v) is 27.2. The Morgan fingerprint density at radius 2 is 1.60 bits per heavy atom. The number of hydrogen-bond donors (Lipinski definition) is 5. The molecule has 4 atom stereocenters. The third-order valence-electron chi connectivity index (χ3n) is 8.74. The van der Waals surface area contributed by atoms with Crippen molar-refractivity contribution >= 4 is 28.8 Å². The van der Waals surface area contributed by atoms with E-state index in [1.54, 1.807) is 24.7 Å². The maximum Gasteiger partial charge on any atom is 0.226 e. The van der Waals surface area contributed by atoms with Crippen LogP contribution in [0.4, 0.5) is 11.8 Å². The maximum absolute atomic E-state index is 12.5. The number of imidazole rings is 2. The van der Waals surface area contributed by atoms with E-state index < -0.39 is 24.3 Å². The fourth-order valence-electron chi connectivity index (χ4n) is 6.00. The van der Waals surface area contributed by atoms with Crippen LogP contribution in [0, 0.1) is 5.92 Å². The van der Waals surface area contributed by atoms with Crippen molar-refractivity contribution in [2.45, 2.75) is 76.9 Å². The fraction of sp³-hybridized carbons (Fsp3) is 0.400. The first kappa shape index (κ1) is 32.1. The van der Waals surface area contributed by atoms with Crippen LogP contribution in [-0.4, -0.2) is 70.0 Å². The second-order valence-corrected chi connectivity index (χ2v) is 12.8. The van der Waals surface area contributed by atoms with Gasteiger partial charge in [-0.1, -0.05) is 74.5 Å². The number of hydrogen-bond acceptors (Lipinski definition) is 9. The molecule has 0 bridgehead atoms. The van der Waals surface area contributed by atoms with Crippen molar-refractivity contribution in [1.82, 2.24) is 34.4 Å². The highest BCUT2D eigenvalue weighted by molar-refractivity contribution is 5.85. The van der Waals surface area contributed by atoms with Crippen molar-refractivity contribution in [2.75, 3.05) is 17.2 Å². The molecule has 12 heteroatoms. The van der Waals surface area contributed by atoms with E-state index in [0.29, 0.717) is 48.4 Å². The summed E-state index contributed by atoms with van der Waals surface area (Å²) in [6.45, 7) is 8.36. The first-order valence-corrected chi connectivity index (χ1v) is 16.2. The van der Waals surface area contributed by atoms with Crippen LogP contribution in [0.5, 0.6) is 0 Å². The van der Waals surface area contributed by atoms with Gasteiger partial charge in [-0.3, -0.25) is 4.79 Å². The first-order chi connectivity index (χ1) is 22.7. The molecule has 2 aromatic carbocycles. The molecule has 12 nitrogen and oxygen atoms in total. The molecule has 0 aliphatic heterocycles. The van der Waals surface area contributed by atoms with Crippen LogP contribution >= 0.6 is 0 Å². The van der Waals surface area contributed by atoms with Crippen LogP contribution in [0.25, 0.3) is 11.2 Å². The van der Waals surface area contributed by atoms with Crippen molar-refractivity contribution < 1.29 is 15.0 Å². The second-order valence-electron chi connectivity index (χ2n) is 12.8. The minimum Gasteiger partial charge on any atom is -0.388 e. The summed E-state index contributed by atoms with van der Waals surface area (Å²) in [5.74, 6) is 0.492. The van der Waals surface area contributed by atoms with E-state index in [2.05, 4.69) is 63.6 Å². The summed E-state index contributed by atoms with van der Waals surface area (Å²) in [6.07, 6.45) is 4.23. The first-order valence-electron chi connectivity index (χ1n) is 16.2. The summed E-state index contributed by atoms with van der Waals surface area (Å²) in [4.78, 5) is 31.5. The third-order valence-corrected chi connectivity index (χ3v) is 8.74. The Bertz CT molecular complexity index is 1750. The lowest BCUT2D eigenvalue weighted by molar-refractivity contribution is -0.125. The number of benzene rings is 2. The molecule has 1 fully saturated rings. The summed E-state index contributed by atoms with van der Waals surface area (Å²) in [5.41, 5.74) is 4.10. The zero-order chi connectivity index (χ0) is 33.1. The van der Waals surface area contributed by atoms with Gasteiger partial charge < -0.3 is 35.3 Å². The average molecular weight is 638 g/mol. The van der Waals surface area contributed by atoms with Gasteiger partial charge in [-0.15, -0.1) is 0 Å². The van der Waals surface area contributed by atoms with E-state index in [9.17, 15) is 15.0 Å². The number of aromatic nitrogens is 6. The molecule has 1 aliphatic carbocycles. The molecule has 5 aromatic rings. The number of amides is 1. The van der Waals surface area contributed by atoms with Crippen LogP contribution in [-0.2, 0) is 11.2 Å². The van der Waals surface area contributed by atoms with Crippen LogP contribution in [0.2, 0.25) is 0 Å². The smallest absolute Gasteiger partial charge is 0.226 e. The van der Waals surface area contributed by atoms with E-state index in [0.717, 1.165) is 16.8 Å². The van der Waals surface area contributed by atoms with Gasteiger partial charge in [0.2, 0.25) is 11.9 Å². The van der Waals surface area contributed by atoms with Crippen molar-refractivity contribution in [1.29, 1.82) is 0 Å². The number of nitrogens with one attached hydrogen (secondary N) is 3. The quantitative estimate of drug-likeness (QED) is 0.135. The van der Waals surface area contributed by atoms with Gasteiger partial charge in [-0.05, 0) is 31.4 Å². The number of rotatable bonds is 12. The minimum atomic E-state index is -1.14. The molecule has 3 heterocycles. The Labute approximate surface area is 274 Å². The molecule has 1 amide bonds. The Kier molecular flexibility index (Phi) is 9.50. The zero-order valence-electron chi connectivity index (χ0n) is 27.2. The topological polar surface area (TPSA) is 155 Å². The lowest BCUT2D eigenvalue weighted by Gasteiger charge is -2.22. The Morgan fingerprint density at radius 3 is 2.21 bits per heavy atom. The van der Waals surface area contributed by atoms with Crippen LogP contribution in [0.3, 0.4) is 0 Å².